The van der Waals surface area contributed by atoms with Crippen LogP contribution >= 0.6 is 23.1 Å². The summed E-state index contributed by atoms with van der Waals surface area (Å²) in [5, 5.41) is 4.99. The third-order valence-corrected chi connectivity index (χ3v) is 6.55. The molecule has 0 aliphatic heterocycles. The second-order valence-corrected chi connectivity index (χ2v) is 8.64. The van der Waals surface area contributed by atoms with Crippen LogP contribution in [-0.4, -0.2) is 37.4 Å². The minimum Gasteiger partial charge on any atom is -0.493 e. The van der Waals surface area contributed by atoms with Gasteiger partial charge in [-0.2, -0.15) is 0 Å². The highest BCUT2D eigenvalue weighted by molar-refractivity contribution is 7.99. The van der Waals surface area contributed by atoms with Crippen LogP contribution in [-0.2, 0) is 17.0 Å². The van der Waals surface area contributed by atoms with Crippen molar-refractivity contribution in [2.75, 3.05) is 26.5 Å². The number of carbonyl (C=O) groups is 1. The summed E-state index contributed by atoms with van der Waals surface area (Å²) in [4.78, 5) is 17.8. The normalized spacial score (nSPS) is 10.8. The molecule has 8 heteroatoms. The SMILES string of the molecule is COc1ccc(CCNC(=O)CSCc2nc(-c3sccc3C)oc2C)cc1OC. The van der Waals surface area contributed by atoms with Gasteiger partial charge in [0.15, 0.2) is 11.5 Å². The van der Waals surface area contributed by atoms with Gasteiger partial charge in [0.1, 0.15) is 5.76 Å². The van der Waals surface area contributed by atoms with Crippen molar-refractivity contribution in [3.63, 3.8) is 0 Å². The van der Waals surface area contributed by atoms with E-state index in [4.69, 9.17) is 13.9 Å². The lowest BCUT2D eigenvalue weighted by Crippen LogP contribution is -2.27. The Bertz CT molecular complexity index is 997. The van der Waals surface area contributed by atoms with Gasteiger partial charge in [-0.1, -0.05) is 6.07 Å². The van der Waals surface area contributed by atoms with E-state index in [-0.39, 0.29) is 5.91 Å². The van der Waals surface area contributed by atoms with Crippen molar-refractivity contribution in [1.82, 2.24) is 10.3 Å². The number of benzene rings is 1. The highest BCUT2D eigenvalue weighted by atomic mass is 32.2. The molecule has 1 aromatic carbocycles. The fourth-order valence-electron chi connectivity index (χ4n) is 2.92. The Morgan fingerprint density at radius 3 is 2.70 bits per heavy atom. The van der Waals surface area contributed by atoms with Gasteiger partial charge in [0.05, 0.1) is 30.5 Å². The standard InChI is InChI=1S/C22H26N2O4S2/c1-14-8-10-30-21(14)22-24-17(15(2)28-22)12-29-13-20(25)23-9-7-16-5-6-18(26-3)19(11-16)27-4/h5-6,8,10-11H,7,9,12-13H2,1-4H3,(H,23,25). The Balaban J connectivity index is 1.42. The lowest BCUT2D eigenvalue weighted by Gasteiger charge is -2.10. The molecular weight excluding hydrogens is 420 g/mol. The number of thiophene rings is 1. The van der Waals surface area contributed by atoms with Gasteiger partial charge in [-0.05, 0) is 55.0 Å². The van der Waals surface area contributed by atoms with Crippen LogP contribution in [0, 0.1) is 13.8 Å². The van der Waals surface area contributed by atoms with Crippen LogP contribution in [0.15, 0.2) is 34.1 Å². The van der Waals surface area contributed by atoms with Crippen molar-refractivity contribution in [2.24, 2.45) is 0 Å². The number of nitrogens with one attached hydrogen (secondary N) is 1. The van der Waals surface area contributed by atoms with E-state index in [1.807, 2.05) is 37.4 Å². The van der Waals surface area contributed by atoms with Crippen LogP contribution in [0.3, 0.4) is 0 Å². The first-order valence-corrected chi connectivity index (χ1v) is 11.6. The van der Waals surface area contributed by atoms with Crippen LogP contribution in [0.25, 0.3) is 10.8 Å². The molecular formula is C22H26N2O4S2. The maximum atomic E-state index is 12.1. The molecule has 0 unspecified atom stereocenters. The number of hydrogen-bond donors (Lipinski definition) is 1. The number of amides is 1. The summed E-state index contributed by atoms with van der Waals surface area (Å²) in [7, 11) is 3.22. The van der Waals surface area contributed by atoms with E-state index >= 15 is 0 Å². The van der Waals surface area contributed by atoms with Crippen LogP contribution < -0.4 is 14.8 Å². The second-order valence-electron chi connectivity index (χ2n) is 6.74. The number of carbonyl (C=O) groups excluding carboxylic acids is 1. The van der Waals surface area contributed by atoms with Gasteiger partial charge in [0.25, 0.3) is 0 Å². The molecule has 6 nitrogen and oxygen atoms in total. The van der Waals surface area contributed by atoms with E-state index < -0.39 is 0 Å². The summed E-state index contributed by atoms with van der Waals surface area (Å²) in [6, 6.07) is 7.83. The summed E-state index contributed by atoms with van der Waals surface area (Å²) in [6.07, 6.45) is 0.725. The number of nitrogens with zero attached hydrogens (tertiary/aromatic N) is 1. The van der Waals surface area contributed by atoms with Gasteiger partial charge in [-0.3, -0.25) is 4.79 Å². The van der Waals surface area contributed by atoms with Gasteiger partial charge >= 0.3 is 0 Å². The molecule has 0 fully saturated rings. The third kappa shape index (κ3) is 5.58. The van der Waals surface area contributed by atoms with E-state index in [0.717, 1.165) is 33.9 Å². The maximum absolute atomic E-state index is 12.1. The average Bonchev–Trinajstić information content (AvgIpc) is 3.33. The van der Waals surface area contributed by atoms with Gasteiger partial charge in [0.2, 0.25) is 11.8 Å². The zero-order valence-electron chi connectivity index (χ0n) is 17.6. The molecule has 1 amide bonds. The molecule has 2 aromatic heterocycles. The second kappa shape index (κ2) is 10.5. The van der Waals surface area contributed by atoms with Crippen molar-refractivity contribution in [3.05, 3.63) is 52.2 Å². The van der Waals surface area contributed by atoms with E-state index in [2.05, 4.69) is 16.4 Å². The predicted octanol–water partition coefficient (Wildman–Crippen LogP) is 4.63. The Kier molecular flexibility index (Phi) is 7.81. The van der Waals surface area contributed by atoms with Crippen molar-refractivity contribution in [2.45, 2.75) is 26.0 Å². The fourth-order valence-corrected chi connectivity index (χ4v) is 4.63. The summed E-state index contributed by atoms with van der Waals surface area (Å²) in [5.41, 5.74) is 3.13. The number of ether oxygens (including phenoxy) is 2. The topological polar surface area (TPSA) is 73.6 Å². The molecule has 0 radical (unpaired) electrons. The average molecular weight is 447 g/mol. The van der Waals surface area contributed by atoms with Gasteiger partial charge < -0.3 is 19.2 Å². The number of thioether (sulfide) groups is 1. The molecule has 2 heterocycles. The minimum absolute atomic E-state index is 0.0101. The highest BCUT2D eigenvalue weighted by Crippen LogP contribution is 2.31. The van der Waals surface area contributed by atoms with Crippen LogP contribution in [0.1, 0.15) is 22.6 Å². The summed E-state index contributed by atoms with van der Waals surface area (Å²) < 4.78 is 16.4. The molecule has 3 rings (SSSR count). The van der Waals surface area contributed by atoms with Crippen molar-refractivity contribution < 1.29 is 18.7 Å². The quantitative estimate of drug-likeness (QED) is 0.490. The molecule has 30 heavy (non-hydrogen) atoms. The molecule has 0 aliphatic rings. The number of hydrogen-bond acceptors (Lipinski definition) is 7. The molecule has 0 spiro atoms. The molecule has 0 bridgehead atoms. The molecule has 3 aromatic rings. The molecule has 160 valence electrons. The zero-order chi connectivity index (χ0) is 21.5. The van der Waals surface area contributed by atoms with E-state index in [1.165, 1.54) is 11.8 Å². The Labute approximate surface area is 185 Å². The van der Waals surface area contributed by atoms with E-state index in [9.17, 15) is 4.79 Å². The number of methoxy groups -OCH3 is 2. The molecule has 0 atom stereocenters. The van der Waals surface area contributed by atoms with Crippen molar-refractivity contribution in [3.8, 4) is 22.3 Å². The van der Waals surface area contributed by atoms with E-state index in [0.29, 0.717) is 35.4 Å². The summed E-state index contributed by atoms with van der Waals surface area (Å²) >= 11 is 3.16. The molecule has 0 aliphatic carbocycles. The highest BCUT2D eigenvalue weighted by Gasteiger charge is 2.15. The first kappa shape index (κ1) is 22.2. The summed E-state index contributed by atoms with van der Waals surface area (Å²) in [6.45, 7) is 4.53. The third-order valence-electron chi connectivity index (χ3n) is 4.60. The number of oxazole rings is 1. The predicted molar refractivity (Wildman–Crippen MR) is 122 cm³/mol. The van der Waals surface area contributed by atoms with E-state index in [1.54, 1.807) is 25.6 Å². The summed E-state index contributed by atoms with van der Waals surface area (Å²) in [5.74, 6) is 3.89. The first-order valence-electron chi connectivity index (χ1n) is 9.58. The minimum atomic E-state index is 0.0101. The van der Waals surface area contributed by atoms with Gasteiger partial charge in [0, 0.05) is 12.3 Å². The number of aryl methyl sites for hydroxylation is 2. The lowest BCUT2D eigenvalue weighted by molar-refractivity contribution is -0.118. The van der Waals surface area contributed by atoms with Gasteiger partial charge in [-0.15, -0.1) is 23.1 Å². The van der Waals surface area contributed by atoms with Crippen molar-refractivity contribution in [1.29, 1.82) is 0 Å². The van der Waals surface area contributed by atoms with Crippen LogP contribution in [0.5, 0.6) is 11.5 Å². The van der Waals surface area contributed by atoms with Crippen molar-refractivity contribution >= 4 is 29.0 Å². The smallest absolute Gasteiger partial charge is 0.237 e. The van der Waals surface area contributed by atoms with Gasteiger partial charge in [-0.25, -0.2) is 4.98 Å². The number of rotatable bonds is 10. The maximum Gasteiger partial charge on any atom is 0.237 e. The molecule has 1 N–H and O–H groups in total. The Morgan fingerprint density at radius 2 is 2.00 bits per heavy atom. The Hall–Kier alpha value is -2.45. The van der Waals surface area contributed by atoms with Crippen LogP contribution in [0.2, 0.25) is 0 Å². The largest absolute Gasteiger partial charge is 0.493 e. The molecule has 0 saturated carbocycles. The fraction of sp³-hybridized carbons (Fsp3) is 0.364. The first-order chi connectivity index (χ1) is 14.5. The monoisotopic (exact) mass is 446 g/mol. The lowest BCUT2D eigenvalue weighted by atomic mass is 10.1. The zero-order valence-corrected chi connectivity index (χ0v) is 19.2. The molecule has 0 saturated heterocycles. The van der Waals surface area contributed by atoms with Crippen LogP contribution in [0.4, 0.5) is 0 Å². The number of aromatic nitrogens is 1. The Morgan fingerprint density at radius 1 is 1.20 bits per heavy atom.